The minimum absolute atomic E-state index is 0.211. The fourth-order valence-corrected chi connectivity index (χ4v) is 0.880. The number of alkyl halides is 3. The molecule has 0 aromatic carbocycles. The Hall–Kier alpha value is 0.340. The molecule has 0 rings (SSSR count). The summed E-state index contributed by atoms with van der Waals surface area (Å²) >= 11 is 14.4. The maximum absolute atomic E-state index is 9.82. The Morgan fingerprint density at radius 3 is 1.47 bits per heavy atom. The second-order valence-electron chi connectivity index (χ2n) is 3.23. The van der Waals surface area contributed by atoms with Gasteiger partial charge in [0.1, 0.15) is 0 Å². The molecule has 0 radical (unpaired) electrons. The van der Waals surface area contributed by atoms with Crippen LogP contribution < -0.4 is 0 Å². The molecule has 0 saturated heterocycles. The highest BCUT2D eigenvalue weighted by atomic mass is 35.6. The van der Waals surface area contributed by atoms with E-state index in [1.807, 2.05) is 0 Å². The van der Waals surface area contributed by atoms with E-state index in [1.165, 1.54) is 39.0 Å². The van der Waals surface area contributed by atoms with Crippen LogP contribution in [0.25, 0.3) is 0 Å². The van der Waals surface area contributed by atoms with Crippen molar-refractivity contribution >= 4 is 40.8 Å². The van der Waals surface area contributed by atoms with Crippen LogP contribution in [0.3, 0.4) is 0 Å². The summed E-state index contributed by atoms with van der Waals surface area (Å²) in [7, 11) is 0. The van der Waals surface area contributed by atoms with Gasteiger partial charge in [-0.25, -0.2) is 0 Å². The molecule has 17 heavy (non-hydrogen) atoms. The van der Waals surface area contributed by atoms with Gasteiger partial charge in [-0.05, 0) is 6.92 Å². The van der Waals surface area contributed by atoms with Crippen molar-refractivity contribution in [3.05, 3.63) is 0 Å². The number of carbonyl (C=O) groups is 1. The van der Waals surface area contributed by atoms with Crippen LogP contribution in [0.2, 0.25) is 0 Å². The molecule has 5 heteroatoms. The number of hydrogen-bond acceptors (Lipinski definition) is 2. The maximum Gasteiger partial charge on any atom is 0.302 e. The van der Waals surface area contributed by atoms with Gasteiger partial charge in [0.05, 0.1) is 6.61 Å². The molecule has 0 aromatic heterocycles. The fourth-order valence-electron chi connectivity index (χ4n) is 0.880. The number of halogens is 3. The van der Waals surface area contributed by atoms with Crippen molar-refractivity contribution in [1.29, 1.82) is 0 Å². The minimum atomic E-state index is -0.750. The molecule has 0 aliphatic carbocycles. The molecule has 0 aromatic rings. The summed E-state index contributed by atoms with van der Waals surface area (Å²) in [6.07, 6.45) is 7.01. The Kier molecular flexibility index (Phi) is 28.6. The van der Waals surface area contributed by atoms with E-state index in [0.717, 1.165) is 0 Å². The molecule has 0 aliphatic rings. The second kappa shape index (κ2) is 21.6. The van der Waals surface area contributed by atoms with E-state index in [2.05, 4.69) is 18.6 Å². The zero-order chi connectivity index (χ0) is 14.1. The van der Waals surface area contributed by atoms with Gasteiger partial charge in [0, 0.05) is 6.92 Å². The van der Waals surface area contributed by atoms with Crippen LogP contribution in [-0.2, 0) is 9.53 Å². The molecule has 0 bridgehead atoms. The number of ether oxygens (including phenoxy) is 1. The Morgan fingerprint density at radius 2 is 1.35 bits per heavy atom. The molecule has 0 fully saturated rings. The largest absolute Gasteiger partial charge is 0.466 e. The average molecular weight is 308 g/mol. The quantitative estimate of drug-likeness (QED) is 0.379. The van der Waals surface area contributed by atoms with E-state index in [9.17, 15) is 4.79 Å². The van der Waals surface area contributed by atoms with Gasteiger partial charge in [0.15, 0.2) is 4.30 Å². The Bertz CT molecular complexity index is 135. The van der Waals surface area contributed by atoms with Gasteiger partial charge in [0.25, 0.3) is 0 Å². The Labute approximate surface area is 121 Å². The molecule has 0 amide bonds. The standard InChI is InChI=1S/C7H16.C4H8O2.CHCl3/c1-3-5-7-6-4-2;1-3-6-4(2)5;2-1(3)4/h3-7H2,1-2H3;3H2,1-2H3;1H. The number of carbonyl (C=O) groups excluding carboxylic acids is 1. The predicted octanol–water partition coefficient (Wildman–Crippen LogP) is 5.53. The van der Waals surface area contributed by atoms with Crippen LogP contribution in [0, 0.1) is 0 Å². The Balaban J connectivity index is -0.000000180. The van der Waals surface area contributed by atoms with E-state index in [0.29, 0.717) is 6.61 Å². The van der Waals surface area contributed by atoms with E-state index >= 15 is 0 Å². The van der Waals surface area contributed by atoms with Crippen LogP contribution in [-0.4, -0.2) is 16.9 Å². The number of esters is 1. The van der Waals surface area contributed by atoms with Gasteiger partial charge < -0.3 is 4.74 Å². The van der Waals surface area contributed by atoms with E-state index in [4.69, 9.17) is 34.8 Å². The molecule has 2 nitrogen and oxygen atoms in total. The van der Waals surface area contributed by atoms with Crippen LogP contribution in [0.15, 0.2) is 0 Å². The molecule has 0 heterocycles. The monoisotopic (exact) mass is 306 g/mol. The summed E-state index contributed by atoms with van der Waals surface area (Å²) in [6.45, 7) is 8.14. The summed E-state index contributed by atoms with van der Waals surface area (Å²) in [6, 6.07) is 0. The van der Waals surface area contributed by atoms with Gasteiger partial charge in [-0.3, -0.25) is 4.79 Å². The van der Waals surface area contributed by atoms with Gasteiger partial charge in [-0.1, -0.05) is 80.8 Å². The second-order valence-corrected chi connectivity index (χ2v) is 5.21. The highest BCUT2D eigenvalue weighted by Crippen LogP contribution is 2.03. The first kappa shape index (κ1) is 22.5. The first-order valence-electron chi connectivity index (χ1n) is 5.97. The third kappa shape index (κ3) is 62.4. The third-order valence-corrected chi connectivity index (χ3v) is 1.55. The fraction of sp³-hybridized carbons (Fsp3) is 0.917. The van der Waals surface area contributed by atoms with Crippen molar-refractivity contribution in [2.75, 3.05) is 6.61 Å². The summed E-state index contributed by atoms with van der Waals surface area (Å²) in [5, 5.41) is 0. The zero-order valence-electron chi connectivity index (χ0n) is 11.3. The summed E-state index contributed by atoms with van der Waals surface area (Å²) in [5.41, 5.74) is 0. The average Bonchev–Trinajstić information content (AvgIpc) is 2.18. The van der Waals surface area contributed by atoms with Crippen molar-refractivity contribution in [2.45, 2.75) is 64.1 Å². The maximum atomic E-state index is 9.82. The van der Waals surface area contributed by atoms with Gasteiger partial charge in [-0.2, -0.15) is 0 Å². The van der Waals surface area contributed by atoms with Crippen LogP contribution in [0.4, 0.5) is 0 Å². The van der Waals surface area contributed by atoms with Gasteiger partial charge in [-0.15, -0.1) is 0 Å². The third-order valence-electron chi connectivity index (χ3n) is 1.55. The molecule has 0 spiro atoms. The number of unbranched alkanes of at least 4 members (excludes halogenated alkanes) is 4. The highest BCUT2D eigenvalue weighted by Gasteiger charge is 1.81. The minimum Gasteiger partial charge on any atom is -0.466 e. The molecule has 0 atom stereocenters. The van der Waals surface area contributed by atoms with Gasteiger partial charge in [0.2, 0.25) is 0 Å². The zero-order valence-corrected chi connectivity index (χ0v) is 13.5. The first-order valence-corrected chi connectivity index (χ1v) is 7.28. The van der Waals surface area contributed by atoms with Crippen LogP contribution in [0.5, 0.6) is 0 Å². The molecular weight excluding hydrogens is 282 g/mol. The first-order chi connectivity index (χ1) is 7.92. The Morgan fingerprint density at radius 1 is 1.00 bits per heavy atom. The topological polar surface area (TPSA) is 26.3 Å². The number of rotatable bonds is 5. The lowest BCUT2D eigenvalue weighted by atomic mass is 10.2. The summed E-state index contributed by atoms with van der Waals surface area (Å²) in [4.78, 5) is 9.82. The van der Waals surface area contributed by atoms with Crippen molar-refractivity contribution in [1.82, 2.24) is 0 Å². The molecule has 0 N–H and O–H groups in total. The number of hydrogen-bond donors (Lipinski definition) is 0. The van der Waals surface area contributed by atoms with Crippen molar-refractivity contribution in [3.63, 3.8) is 0 Å². The molecule has 0 aliphatic heterocycles. The van der Waals surface area contributed by atoms with E-state index in [1.54, 1.807) is 6.92 Å². The van der Waals surface area contributed by atoms with Gasteiger partial charge >= 0.3 is 5.97 Å². The van der Waals surface area contributed by atoms with Crippen LogP contribution in [0.1, 0.15) is 59.8 Å². The lowest BCUT2D eigenvalue weighted by Crippen LogP contribution is -1.95. The molecule has 106 valence electrons. The molecule has 0 unspecified atom stereocenters. The normalized spacial score (nSPS) is 8.71. The van der Waals surface area contributed by atoms with E-state index < -0.39 is 4.30 Å². The smallest absolute Gasteiger partial charge is 0.302 e. The van der Waals surface area contributed by atoms with Crippen molar-refractivity contribution < 1.29 is 9.53 Å². The molecule has 0 saturated carbocycles. The highest BCUT2D eigenvalue weighted by molar-refractivity contribution is 6.63. The summed E-state index contributed by atoms with van der Waals surface area (Å²) < 4.78 is 3.65. The van der Waals surface area contributed by atoms with Crippen molar-refractivity contribution in [3.8, 4) is 0 Å². The lowest BCUT2D eigenvalue weighted by Gasteiger charge is -1.90. The predicted molar refractivity (Wildman–Crippen MR) is 78.1 cm³/mol. The van der Waals surface area contributed by atoms with E-state index in [-0.39, 0.29) is 5.97 Å². The molecular formula is C12H25Cl3O2. The van der Waals surface area contributed by atoms with Crippen LogP contribution >= 0.6 is 34.8 Å². The lowest BCUT2D eigenvalue weighted by molar-refractivity contribution is -0.140. The summed E-state index contributed by atoms with van der Waals surface area (Å²) in [5.74, 6) is -0.211. The van der Waals surface area contributed by atoms with Crippen molar-refractivity contribution in [2.24, 2.45) is 0 Å². The SMILES string of the molecule is CCCCCCC.CCOC(C)=O.ClC(Cl)Cl.